The topological polar surface area (TPSA) is 15.3 Å². The fourth-order valence-electron chi connectivity index (χ4n) is 3.90. The van der Waals surface area contributed by atoms with E-state index in [4.69, 9.17) is 0 Å². The van der Waals surface area contributed by atoms with Gasteiger partial charge in [0.1, 0.15) is 0 Å². The number of likely N-dealkylation sites (N-methyl/N-ethyl adjacent to an activating group) is 1. The molecular weight excluding hydrogens is 220 g/mol. The molecule has 1 N–H and O–H groups in total. The summed E-state index contributed by atoms with van der Waals surface area (Å²) < 4.78 is 0. The average Bonchev–Trinajstić information content (AvgIpc) is 2.78. The zero-order chi connectivity index (χ0) is 13.0. The molecule has 0 aromatic heterocycles. The molecule has 0 aromatic carbocycles. The van der Waals surface area contributed by atoms with Crippen LogP contribution in [0.4, 0.5) is 0 Å². The maximum absolute atomic E-state index is 3.60. The molecular formula is C16H32N2. The van der Waals surface area contributed by atoms with E-state index in [9.17, 15) is 0 Å². The van der Waals surface area contributed by atoms with Crippen molar-refractivity contribution in [2.24, 2.45) is 11.8 Å². The highest BCUT2D eigenvalue weighted by Crippen LogP contribution is 2.29. The van der Waals surface area contributed by atoms with E-state index in [1.54, 1.807) is 0 Å². The van der Waals surface area contributed by atoms with E-state index in [2.05, 4.69) is 31.1 Å². The molecule has 0 bridgehead atoms. The van der Waals surface area contributed by atoms with Gasteiger partial charge in [-0.05, 0) is 44.7 Å². The summed E-state index contributed by atoms with van der Waals surface area (Å²) in [7, 11) is 2.16. The second-order valence-electron chi connectivity index (χ2n) is 6.74. The summed E-state index contributed by atoms with van der Waals surface area (Å²) in [6, 6.07) is 1.54. The van der Waals surface area contributed by atoms with Crippen LogP contribution in [-0.4, -0.2) is 37.1 Å². The lowest BCUT2D eigenvalue weighted by molar-refractivity contribution is 0.157. The van der Waals surface area contributed by atoms with Gasteiger partial charge in [0.15, 0.2) is 0 Å². The quantitative estimate of drug-likeness (QED) is 0.829. The molecule has 2 aliphatic rings. The summed E-state index contributed by atoms with van der Waals surface area (Å²) in [6.07, 6.45) is 9.97. The van der Waals surface area contributed by atoms with Crippen molar-refractivity contribution in [1.82, 2.24) is 10.2 Å². The van der Waals surface area contributed by atoms with E-state index in [-0.39, 0.29) is 0 Å². The normalized spacial score (nSPS) is 35.7. The molecule has 0 amide bonds. The highest BCUT2D eigenvalue weighted by atomic mass is 15.2. The van der Waals surface area contributed by atoms with Crippen molar-refractivity contribution in [3.8, 4) is 0 Å². The highest BCUT2D eigenvalue weighted by Gasteiger charge is 2.33. The summed E-state index contributed by atoms with van der Waals surface area (Å²) in [6.45, 7) is 7.47. The Morgan fingerprint density at radius 3 is 2.33 bits per heavy atom. The number of likely N-dealkylation sites (tertiary alicyclic amines) is 1. The summed E-state index contributed by atoms with van der Waals surface area (Å²) >= 11 is 0. The minimum Gasteiger partial charge on any atom is -0.315 e. The molecule has 0 radical (unpaired) electrons. The van der Waals surface area contributed by atoms with E-state index in [0.717, 1.165) is 23.9 Å². The van der Waals surface area contributed by atoms with Crippen molar-refractivity contribution in [2.75, 3.05) is 20.1 Å². The molecule has 18 heavy (non-hydrogen) atoms. The van der Waals surface area contributed by atoms with Gasteiger partial charge in [-0.2, -0.15) is 0 Å². The number of nitrogens with zero attached hydrogens (tertiary/aromatic N) is 1. The Labute approximate surface area is 114 Å². The van der Waals surface area contributed by atoms with Crippen molar-refractivity contribution in [2.45, 2.75) is 70.9 Å². The Kier molecular flexibility index (Phi) is 5.50. The minimum absolute atomic E-state index is 0.733. The van der Waals surface area contributed by atoms with Gasteiger partial charge in [-0.1, -0.05) is 39.5 Å². The standard InChI is InChI=1S/C16H32N2/c1-13(2)14-10-11-18(12-14)16-9-7-5-4-6-8-15(16)17-3/h13-17H,4-12H2,1-3H3. The lowest BCUT2D eigenvalue weighted by Gasteiger charge is -2.36. The first-order chi connectivity index (χ1) is 8.72. The van der Waals surface area contributed by atoms with Crippen molar-refractivity contribution in [1.29, 1.82) is 0 Å². The van der Waals surface area contributed by atoms with E-state index < -0.39 is 0 Å². The molecule has 1 saturated carbocycles. The Hall–Kier alpha value is -0.0800. The number of nitrogens with one attached hydrogen (secondary N) is 1. The highest BCUT2D eigenvalue weighted by molar-refractivity contribution is 4.90. The van der Waals surface area contributed by atoms with Crippen LogP contribution in [0.1, 0.15) is 58.8 Å². The molecule has 1 saturated heterocycles. The molecule has 0 aromatic rings. The van der Waals surface area contributed by atoms with Crippen LogP contribution in [0.5, 0.6) is 0 Å². The summed E-state index contributed by atoms with van der Waals surface area (Å²) in [4.78, 5) is 2.80. The molecule has 2 nitrogen and oxygen atoms in total. The minimum atomic E-state index is 0.733. The zero-order valence-corrected chi connectivity index (χ0v) is 12.6. The van der Waals surface area contributed by atoms with E-state index in [1.807, 2.05) is 0 Å². The van der Waals surface area contributed by atoms with Crippen molar-refractivity contribution in [3.63, 3.8) is 0 Å². The molecule has 1 aliphatic carbocycles. The van der Waals surface area contributed by atoms with Crippen LogP contribution in [0.25, 0.3) is 0 Å². The van der Waals surface area contributed by atoms with Crippen molar-refractivity contribution >= 4 is 0 Å². The Morgan fingerprint density at radius 2 is 1.72 bits per heavy atom. The lowest BCUT2D eigenvalue weighted by Crippen LogP contribution is -2.48. The number of hydrogen-bond donors (Lipinski definition) is 1. The van der Waals surface area contributed by atoms with E-state index in [1.165, 1.54) is 58.0 Å². The molecule has 3 atom stereocenters. The van der Waals surface area contributed by atoms with Crippen LogP contribution in [0.2, 0.25) is 0 Å². The molecule has 1 heterocycles. The largest absolute Gasteiger partial charge is 0.315 e. The van der Waals surface area contributed by atoms with Gasteiger partial charge in [0, 0.05) is 18.6 Å². The molecule has 2 rings (SSSR count). The van der Waals surface area contributed by atoms with Crippen LogP contribution in [0.3, 0.4) is 0 Å². The van der Waals surface area contributed by atoms with E-state index >= 15 is 0 Å². The SMILES string of the molecule is CNC1CCCCCCC1N1CCC(C(C)C)C1. The van der Waals surface area contributed by atoms with Gasteiger partial charge in [0.2, 0.25) is 0 Å². The Balaban J connectivity index is 1.95. The van der Waals surface area contributed by atoms with Gasteiger partial charge in [-0.25, -0.2) is 0 Å². The van der Waals surface area contributed by atoms with Crippen LogP contribution in [0, 0.1) is 11.8 Å². The predicted molar refractivity (Wildman–Crippen MR) is 78.9 cm³/mol. The van der Waals surface area contributed by atoms with Crippen LogP contribution >= 0.6 is 0 Å². The van der Waals surface area contributed by atoms with E-state index in [0.29, 0.717) is 0 Å². The molecule has 1 aliphatic heterocycles. The molecule has 106 valence electrons. The molecule has 0 spiro atoms. The zero-order valence-electron chi connectivity index (χ0n) is 12.6. The van der Waals surface area contributed by atoms with Crippen LogP contribution in [-0.2, 0) is 0 Å². The third-order valence-electron chi connectivity index (χ3n) is 5.27. The monoisotopic (exact) mass is 252 g/mol. The number of hydrogen-bond acceptors (Lipinski definition) is 2. The van der Waals surface area contributed by atoms with Crippen LogP contribution < -0.4 is 5.32 Å². The summed E-state index contributed by atoms with van der Waals surface area (Å²) in [5.41, 5.74) is 0. The lowest BCUT2D eigenvalue weighted by atomic mass is 9.91. The third-order valence-corrected chi connectivity index (χ3v) is 5.27. The van der Waals surface area contributed by atoms with Crippen molar-refractivity contribution in [3.05, 3.63) is 0 Å². The Bertz CT molecular complexity index is 239. The summed E-state index contributed by atoms with van der Waals surface area (Å²) in [5, 5.41) is 3.60. The molecule has 3 unspecified atom stereocenters. The first-order valence-electron chi connectivity index (χ1n) is 8.13. The Morgan fingerprint density at radius 1 is 1.00 bits per heavy atom. The molecule has 2 fully saturated rings. The summed E-state index contributed by atoms with van der Waals surface area (Å²) in [5.74, 6) is 1.80. The second-order valence-corrected chi connectivity index (χ2v) is 6.74. The van der Waals surface area contributed by atoms with Gasteiger partial charge >= 0.3 is 0 Å². The van der Waals surface area contributed by atoms with Gasteiger partial charge in [-0.3, -0.25) is 4.90 Å². The fourth-order valence-corrected chi connectivity index (χ4v) is 3.90. The van der Waals surface area contributed by atoms with Crippen molar-refractivity contribution < 1.29 is 0 Å². The fraction of sp³-hybridized carbons (Fsp3) is 1.00. The first-order valence-corrected chi connectivity index (χ1v) is 8.13. The maximum Gasteiger partial charge on any atom is 0.0249 e. The van der Waals surface area contributed by atoms with Gasteiger partial charge in [-0.15, -0.1) is 0 Å². The predicted octanol–water partition coefficient (Wildman–Crippen LogP) is 3.28. The first kappa shape index (κ1) is 14.3. The number of rotatable bonds is 3. The van der Waals surface area contributed by atoms with Crippen LogP contribution in [0.15, 0.2) is 0 Å². The smallest absolute Gasteiger partial charge is 0.0249 e. The average molecular weight is 252 g/mol. The second kappa shape index (κ2) is 6.91. The maximum atomic E-state index is 3.60. The van der Waals surface area contributed by atoms with Gasteiger partial charge in [0.05, 0.1) is 0 Å². The van der Waals surface area contributed by atoms with Gasteiger partial charge < -0.3 is 5.32 Å². The molecule has 2 heteroatoms. The van der Waals surface area contributed by atoms with Gasteiger partial charge in [0.25, 0.3) is 0 Å². The third kappa shape index (κ3) is 3.48.